The van der Waals surface area contributed by atoms with E-state index in [0.717, 1.165) is 39.9 Å². The van der Waals surface area contributed by atoms with E-state index in [9.17, 15) is 4.79 Å². The molecule has 24 heavy (non-hydrogen) atoms. The first-order valence-electron chi connectivity index (χ1n) is 8.28. The highest BCUT2D eigenvalue weighted by atomic mass is 32.1. The summed E-state index contributed by atoms with van der Waals surface area (Å²) in [6, 6.07) is 5.96. The van der Waals surface area contributed by atoms with E-state index in [1.54, 1.807) is 11.3 Å². The number of carbonyl (C=O) groups excluding carboxylic acids is 1. The summed E-state index contributed by atoms with van der Waals surface area (Å²) in [4.78, 5) is 17.1. The van der Waals surface area contributed by atoms with E-state index in [0.29, 0.717) is 19.8 Å². The highest BCUT2D eigenvalue weighted by Gasteiger charge is 2.26. The minimum Gasteiger partial charge on any atom is -0.465 e. The molecule has 5 nitrogen and oxygen atoms in total. The molecular formula is C18H24N2O3S. The molecule has 6 heteroatoms. The first-order chi connectivity index (χ1) is 11.5. The summed E-state index contributed by atoms with van der Waals surface area (Å²) >= 11 is 1.65. The van der Waals surface area contributed by atoms with E-state index >= 15 is 0 Å². The summed E-state index contributed by atoms with van der Waals surface area (Å²) < 4.78 is 11.3. The zero-order valence-corrected chi connectivity index (χ0v) is 15.2. The topological polar surface area (TPSA) is 54.7 Å². The van der Waals surface area contributed by atoms with Crippen LogP contribution in [0.1, 0.15) is 37.7 Å². The van der Waals surface area contributed by atoms with Crippen LogP contribution in [0, 0.1) is 20.8 Å². The van der Waals surface area contributed by atoms with E-state index < -0.39 is 0 Å². The molecule has 0 saturated carbocycles. The minimum atomic E-state index is -0.0154. The molecule has 1 aliphatic rings. The van der Waals surface area contributed by atoms with Crippen molar-refractivity contribution in [3.63, 3.8) is 0 Å². The normalized spacial score (nSPS) is 17.0. The maximum Gasteiger partial charge on any atom is 0.252 e. The number of aryl methyl sites for hydroxylation is 3. The predicted molar refractivity (Wildman–Crippen MR) is 94.7 cm³/mol. The predicted octanol–water partition coefficient (Wildman–Crippen LogP) is 3.07. The second-order valence-electron chi connectivity index (χ2n) is 6.15. The van der Waals surface area contributed by atoms with Gasteiger partial charge in [-0.3, -0.25) is 9.69 Å². The number of hydrogen-bond donors (Lipinski definition) is 1. The van der Waals surface area contributed by atoms with Crippen LogP contribution in [-0.2, 0) is 4.74 Å². The number of amides is 1. The van der Waals surface area contributed by atoms with Gasteiger partial charge >= 0.3 is 0 Å². The molecule has 0 aliphatic carbocycles. The molecule has 0 unspecified atom stereocenters. The Morgan fingerprint density at radius 3 is 2.62 bits per heavy atom. The first kappa shape index (κ1) is 17.2. The molecule has 1 saturated heterocycles. The van der Waals surface area contributed by atoms with Crippen molar-refractivity contribution >= 4 is 17.2 Å². The van der Waals surface area contributed by atoms with E-state index in [4.69, 9.17) is 9.15 Å². The summed E-state index contributed by atoms with van der Waals surface area (Å²) in [5, 5.41) is 3.08. The molecular weight excluding hydrogens is 324 g/mol. The molecule has 130 valence electrons. The van der Waals surface area contributed by atoms with Crippen LogP contribution in [0.3, 0.4) is 0 Å². The van der Waals surface area contributed by atoms with Crippen LogP contribution < -0.4 is 5.32 Å². The SMILES string of the molecule is Cc1ccc([C@@H](CNC(=O)c2cc(C)sc2C)N2CCOCC2)o1. The lowest BCUT2D eigenvalue weighted by atomic mass is 10.1. The summed E-state index contributed by atoms with van der Waals surface area (Å²) in [6.45, 7) is 9.60. The summed E-state index contributed by atoms with van der Waals surface area (Å²) in [5.41, 5.74) is 0.772. The van der Waals surface area contributed by atoms with Crippen LogP contribution in [0.15, 0.2) is 22.6 Å². The van der Waals surface area contributed by atoms with Crippen molar-refractivity contribution in [1.29, 1.82) is 0 Å². The smallest absolute Gasteiger partial charge is 0.252 e. The van der Waals surface area contributed by atoms with Crippen molar-refractivity contribution in [2.24, 2.45) is 0 Å². The van der Waals surface area contributed by atoms with Gasteiger partial charge < -0.3 is 14.5 Å². The molecule has 1 N–H and O–H groups in total. The van der Waals surface area contributed by atoms with Crippen LogP contribution in [0.25, 0.3) is 0 Å². The van der Waals surface area contributed by atoms with E-state index in [-0.39, 0.29) is 11.9 Å². The van der Waals surface area contributed by atoms with Crippen LogP contribution >= 0.6 is 11.3 Å². The lowest BCUT2D eigenvalue weighted by Crippen LogP contribution is -2.43. The van der Waals surface area contributed by atoms with Crippen LogP contribution in [0.2, 0.25) is 0 Å². The third-order valence-electron chi connectivity index (χ3n) is 4.32. The number of furan rings is 1. The third kappa shape index (κ3) is 3.88. The van der Waals surface area contributed by atoms with Crippen molar-refractivity contribution in [1.82, 2.24) is 10.2 Å². The fourth-order valence-electron chi connectivity index (χ4n) is 3.07. The molecule has 3 heterocycles. The lowest BCUT2D eigenvalue weighted by molar-refractivity contribution is 0.0117. The number of hydrogen-bond acceptors (Lipinski definition) is 5. The number of rotatable bonds is 5. The zero-order chi connectivity index (χ0) is 17.1. The van der Waals surface area contributed by atoms with E-state index in [1.807, 2.05) is 39.0 Å². The monoisotopic (exact) mass is 348 g/mol. The Hall–Kier alpha value is -1.63. The minimum absolute atomic E-state index is 0.0154. The first-order valence-corrected chi connectivity index (χ1v) is 9.09. The Morgan fingerprint density at radius 2 is 2.04 bits per heavy atom. The van der Waals surface area contributed by atoms with Gasteiger partial charge in [-0.15, -0.1) is 11.3 Å². The number of nitrogens with zero attached hydrogens (tertiary/aromatic N) is 1. The van der Waals surface area contributed by atoms with Crippen LogP contribution in [0.4, 0.5) is 0 Å². The van der Waals surface area contributed by atoms with Crippen molar-refractivity contribution in [3.05, 3.63) is 45.0 Å². The molecule has 1 amide bonds. The van der Waals surface area contributed by atoms with Crippen molar-refractivity contribution in [2.45, 2.75) is 26.8 Å². The molecule has 0 bridgehead atoms. The quantitative estimate of drug-likeness (QED) is 0.902. The van der Waals surface area contributed by atoms with Gasteiger partial charge in [-0.25, -0.2) is 0 Å². The van der Waals surface area contributed by atoms with Gasteiger partial charge in [-0.1, -0.05) is 0 Å². The highest BCUT2D eigenvalue weighted by molar-refractivity contribution is 7.12. The van der Waals surface area contributed by atoms with Gasteiger partial charge in [-0.2, -0.15) is 0 Å². The zero-order valence-electron chi connectivity index (χ0n) is 14.4. The second-order valence-corrected chi connectivity index (χ2v) is 7.61. The maximum atomic E-state index is 12.5. The fourth-order valence-corrected chi connectivity index (χ4v) is 3.99. The molecule has 0 aromatic carbocycles. The third-order valence-corrected chi connectivity index (χ3v) is 5.28. The van der Waals surface area contributed by atoms with Crippen LogP contribution in [0.5, 0.6) is 0 Å². The molecule has 2 aromatic heterocycles. The number of thiophene rings is 1. The van der Waals surface area contributed by atoms with Crippen molar-refractivity contribution in [2.75, 3.05) is 32.8 Å². The molecule has 1 fully saturated rings. The molecule has 0 spiro atoms. The number of ether oxygens (including phenoxy) is 1. The fraction of sp³-hybridized carbons (Fsp3) is 0.500. The van der Waals surface area contributed by atoms with Gasteiger partial charge in [0.1, 0.15) is 11.5 Å². The number of morpholine rings is 1. The van der Waals surface area contributed by atoms with Gasteiger partial charge in [0.05, 0.1) is 24.8 Å². The molecule has 2 aromatic rings. The molecule has 0 radical (unpaired) electrons. The van der Waals surface area contributed by atoms with Crippen LogP contribution in [-0.4, -0.2) is 43.7 Å². The molecule has 3 rings (SSSR count). The van der Waals surface area contributed by atoms with Gasteiger partial charge in [0.25, 0.3) is 5.91 Å². The van der Waals surface area contributed by atoms with E-state index in [2.05, 4.69) is 10.2 Å². The Bertz CT molecular complexity index is 701. The largest absolute Gasteiger partial charge is 0.465 e. The molecule has 1 atom stereocenters. The average Bonchev–Trinajstić information content (AvgIpc) is 3.14. The average molecular weight is 348 g/mol. The van der Waals surface area contributed by atoms with Crippen molar-refractivity contribution < 1.29 is 13.9 Å². The lowest BCUT2D eigenvalue weighted by Gasteiger charge is -2.33. The highest BCUT2D eigenvalue weighted by Crippen LogP contribution is 2.24. The van der Waals surface area contributed by atoms with Gasteiger partial charge in [-0.05, 0) is 39.0 Å². The van der Waals surface area contributed by atoms with Gasteiger partial charge in [0.2, 0.25) is 0 Å². The number of carbonyl (C=O) groups is 1. The van der Waals surface area contributed by atoms with E-state index in [1.165, 1.54) is 0 Å². The Balaban J connectivity index is 1.71. The standard InChI is InChI=1S/C18H24N2O3S/c1-12-4-5-17(23-12)16(20-6-8-22-9-7-20)11-19-18(21)15-10-13(2)24-14(15)3/h4-5,10,16H,6-9,11H2,1-3H3,(H,19,21)/t16-/m1/s1. The summed E-state index contributed by atoms with van der Waals surface area (Å²) in [6.07, 6.45) is 0. The van der Waals surface area contributed by atoms with Gasteiger partial charge in [0.15, 0.2) is 0 Å². The van der Waals surface area contributed by atoms with Gasteiger partial charge in [0, 0.05) is 29.4 Å². The Kier molecular flexibility index (Phi) is 5.38. The maximum absolute atomic E-state index is 12.5. The number of nitrogens with one attached hydrogen (secondary N) is 1. The Labute approximate surface area is 146 Å². The molecule has 1 aliphatic heterocycles. The van der Waals surface area contributed by atoms with Crippen molar-refractivity contribution in [3.8, 4) is 0 Å². The Morgan fingerprint density at radius 1 is 1.29 bits per heavy atom. The summed E-state index contributed by atoms with van der Waals surface area (Å²) in [7, 11) is 0. The second kappa shape index (κ2) is 7.51. The summed E-state index contributed by atoms with van der Waals surface area (Å²) in [5.74, 6) is 1.77.